The lowest BCUT2D eigenvalue weighted by molar-refractivity contribution is -0.137. The molecule has 0 unspecified atom stereocenters. The van der Waals surface area contributed by atoms with Crippen LogP contribution in [0.15, 0.2) is 65.7 Å². The van der Waals surface area contributed by atoms with Crippen LogP contribution in [0.3, 0.4) is 0 Å². The number of aliphatic imine (C=N–C) groups is 1. The van der Waals surface area contributed by atoms with Crippen LogP contribution in [0.5, 0.6) is 5.75 Å². The van der Waals surface area contributed by atoms with E-state index in [1.165, 1.54) is 37.4 Å². The normalized spacial score (nSPS) is 12.6. The van der Waals surface area contributed by atoms with Crippen molar-refractivity contribution in [2.75, 3.05) is 12.4 Å². The molecule has 0 aromatic heterocycles. The third-order valence-electron chi connectivity index (χ3n) is 4.38. The summed E-state index contributed by atoms with van der Waals surface area (Å²) in [6.45, 7) is 0. The summed E-state index contributed by atoms with van der Waals surface area (Å²) in [5.74, 6) is 0.0378. The Labute approximate surface area is 194 Å². The molecule has 11 heteroatoms. The summed E-state index contributed by atoms with van der Waals surface area (Å²) in [7, 11) is 1.37. The summed E-state index contributed by atoms with van der Waals surface area (Å²) >= 11 is 11.4. The number of hydrogen-bond acceptors (Lipinski definition) is 2. The van der Waals surface area contributed by atoms with Crippen molar-refractivity contribution in [3.8, 4) is 5.75 Å². The van der Waals surface area contributed by atoms with E-state index in [2.05, 4.69) is 10.3 Å². The monoisotopic (exact) mass is 506 g/mol. The number of amidine groups is 1. The van der Waals surface area contributed by atoms with E-state index in [1.54, 1.807) is 6.07 Å². The Morgan fingerprint density at radius 2 is 1.42 bits per heavy atom. The van der Waals surface area contributed by atoms with Crippen LogP contribution in [0, 0.1) is 0 Å². The lowest BCUT2D eigenvalue weighted by Crippen LogP contribution is -2.18. The zero-order chi connectivity index (χ0) is 24.4. The SMILES string of the molecule is COc1cccc(C(=Nc2ccc(Cl)cc2C(F)(F)F)Nc2ccc(Cl)cc2C(F)(F)F)c1. The van der Waals surface area contributed by atoms with Crippen molar-refractivity contribution in [2.45, 2.75) is 12.4 Å². The molecule has 0 aliphatic rings. The third kappa shape index (κ3) is 6.11. The molecule has 3 nitrogen and oxygen atoms in total. The van der Waals surface area contributed by atoms with E-state index in [1.807, 2.05) is 0 Å². The molecule has 0 saturated carbocycles. The highest BCUT2D eigenvalue weighted by Crippen LogP contribution is 2.39. The van der Waals surface area contributed by atoms with Gasteiger partial charge in [-0.1, -0.05) is 35.3 Å². The van der Waals surface area contributed by atoms with Gasteiger partial charge in [-0.3, -0.25) is 0 Å². The number of hydrogen-bond donors (Lipinski definition) is 1. The minimum atomic E-state index is -4.80. The number of nitrogens with one attached hydrogen (secondary N) is 1. The molecule has 0 amide bonds. The van der Waals surface area contributed by atoms with E-state index in [-0.39, 0.29) is 21.4 Å². The van der Waals surface area contributed by atoms with Crippen molar-refractivity contribution in [1.29, 1.82) is 0 Å². The van der Waals surface area contributed by atoms with Crippen LogP contribution in [0.25, 0.3) is 0 Å². The molecule has 174 valence electrons. The van der Waals surface area contributed by atoms with Crippen molar-refractivity contribution in [3.05, 3.63) is 87.4 Å². The van der Waals surface area contributed by atoms with Gasteiger partial charge < -0.3 is 10.1 Å². The Morgan fingerprint density at radius 3 is 2.03 bits per heavy atom. The topological polar surface area (TPSA) is 33.6 Å². The highest BCUT2D eigenvalue weighted by molar-refractivity contribution is 6.31. The Hall–Kier alpha value is -2.91. The fourth-order valence-electron chi connectivity index (χ4n) is 2.88. The number of benzene rings is 3. The van der Waals surface area contributed by atoms with Gasteiger partial charge in [0.25, 0.3) is 0 Å². The van der Waals surface area contributed by atoms with E-state index in [0.717, 1.165) is 12.1 Å². The van der Waals surface area contributed by atoms with Crippen molar-refractivity contribution in [2.24, 2.45) is 4.99 Å². The van der Waals surface area contributed by atoms with Gasteiger partial charge in [0, 0.05) is 15.6 Å². The van der Waals surface area contributed by atoms with Crippen LogP contribution >= 0.6 is 23.2 Å². The average molecular weight is 507 g/mol. The molecule has 3 rings (SSSR count). The first-order valence-electron chi connectivity index (χ1n) is 9.12. The second-order valence-corrected chi connectivity index (χ2v) is 7.54. The minimum absolute atomic E-state index is 0.162. The Balaban J connectivity index is 2.22. The molecule has 0 heterocycles. The van der Waals surface area contributed by atoms with Crippen molar-refractivity contribution < 1.29 is 31.1 Å². The van der Waals surface area contributed by atoms with E-state index in [4.69, 9.17) is 27.9 Å². The van der Waals surface area contributed by atoms with Crippen LogP contribution in [-0.4, -0.2) is 12.9 Å². The number of ether oxygens (including phenoxy) is 1. The van der Waals surface area contributed by atoms with Crippen LogP contribution in [0.2, 0.25) is 10.0 Å². The van der Waals surface area contributed by atoms with E-state index in [0.29, 0.717) is 17.9 Å². The first-order valence-corrected chi connectivity index (χ1v) is 9.87. The maximum atomic E-state index is 13.6. The highest BCUT2D eigenvalue weighted by Gasteiger charge is 2.35. The quantitative estimate of drug-likeness (QED) is 0.219. The summed E-state index contributed by atoms with van der Waals surface area (Å²) in [5, 5.41) is 2.17. The Morgan fingerprint density at radius 1 is 0.818 bits per heavy atom. The molecule has 3 aromatic carbocycles. The molecular formula is C22H14Cl2F6N2O. The van der Waals surface area contributed by atoms with Crippen LogP contribution in [0.4, 0.5) is 37.7 Å². The van der Waals surface area contributed by atoms with Gasteiger partial charge in [0.2, 0.25) is 0 Å². The van der Waals surface area contributed by atoms with Crippen LogP contribution < -0.4 is 10.1 Å². The Kier molecular flexibility index (Phi) is 7.14. The molecule has 0 atom stereocenters. The molecule has 0 saturated heterocycles. The van der Waals surface area contributed by atoms with Gasteiger partial charge in [-0.2, -0.15) is 26.3 Å². The number of rotatable bonds is 4. The van der Waals surface area contributed by atoms with Gasteiger partial charge in [-0.05, 0) is 48.5 Å². The predicted octanol–water partition coefficient (Wildman–Crippen LogP) is 8.23. The highest BCUT2D eigenvalue weighted by atomic mass is 35.5. The average Bonchev–Trinajstić information content (AvgIpc) is 2.74. The van der Waals surface area contributed by atoms with Gasteiger partial charge >= 0.3 is 12.4 Å². The van der Waals surface area contributed by atoms with Gasteiger partial charge in [-0.25, -0.2) is 4.99 Å². The predicted molar refractivity (Wildman–Crippen MR) is 116 cm³/mol. The van der Waals surface area contributed by atoms with E-state index >= 15 is 0 Å². The fraction of sp³-hybridized carbons (Fsp3) is 0.136. The molecule has 33 heavy (non-hydrogen) atoms. The van der Waals surface area contributed by atoms with Crippen molar-refractivity contribution in [3.63, 3.8) is 0 Å². The molecule has 0 spiro atoms. The fourth-order valence-corrected chi connectivity index (χ4v) is 3.22. The molecule has 0 aliphatic heterocycles. The third-order valence-corrected chi connectivity index (χ3v) is 4.85. The van der Waals surface area contributed by atoms with Gasteiger partial charge in [0.15, 0.2) is 0 Å². The first kappa shape index (κ1) is 24.7. The Bertz CT molecular complexity index is 1190. The van der Waals surface area contributed by atoms with Crippen LogP contribution in [0.1, 0.15) is 16.7 Å². The lowest BCUT2D eigenvalue weighted by atomic mass is 10.1. The molecule has 0 radical (unpaired) electrons. The second-order valence-electron chi connectivity index (χ2n) is 6.66. The summed E-state index contributed by atoms with van der Waals surface area (Å²) in [5.41, 5.74) is -3.07. The van der Waals surface area contributed by atoms with Gasteiger partial charge in [0.1, 0.15) is 11.6 Å². The summed E-state index contributed by atoms with van der Waals surface area (Å²) in [6.07, 6.45) is -9.59. The second kappa shape index (κ2) is 9.52. The minimum Gasteiger partial charge on any atom is -0.497 e. The maximum Gasteiger partial charge on any atom is 0.418 e. The molecule has 0 bridgehead atoms. The zero-order valence-electron chi connectivity index (χ0n) is 16.7. The summed E-state index contributed by atoms with van der Waals surface area (Å²) in [4.78, 5) is 4.02. The van der Waals surface area contributed by atoms with E-state index in [9.17, 15) is 26.3 Å². The lowest BCUT2D eigenvalue weighted by Gasteiger charge is -2.18. The van der Waals surface area contributed by atoms with Crippen molar-refractivity contribution >= 4 is 40.4 Å². The molecule has 0 fully saturated rings. The number of nitrogens with zero attached hydrogens (tertiary/aromatic N) is 1. The number of alkyl halides is 6. The maximum absolute atomic E-state index is 13.6. The van der Waals surface area contributed by atoms with Gasteiger partial charge in [-0.15, -0.1) is 0 Å². The van der Waals surface area contributed by atoms with Gasteiger partial charge in [0.05, 0.1) is 29.6 Å². The molecule has 0 aliphatic carbocycles. The standard InChI is InChI=1S/C22H14Cl2F6N2O/c1-33-15-4-2-3-12(9-15)20(31-18-7-5-13(23)10-16(18)21(25,26)27)32-19-8-6-14(24)11-17(19)22(28,29)30/h2-11H,1H3,(H,31,32). The van der Waals surface area contributed by atoms with E-state index < -0.39 is 34.9 Å². The number of anilines is 1. The largest absolute Gasteiger partial charge is 0.497 e. The molecule has 3 aromatic rings. The smallest absolute Gasteiger partial charge is 0.418 e. The summed E-state index contributed by atoms with van der Waals surface area (Å²) < 4.78 is 86.5. The number of methoxy groups -OCH3 is 1. The summed E-state index contributed by atoms with van der Waals surface area (Å²) in [6, 6.07) is 11.8. The number of halogens is 8. The first-order chi connectivity index (χ1) is 15.4. The van der Waals surface area contributed by atoms with Crippen molar-refractivity contribution in [1.82, 2.24) is 0 Å². The zero-order valence-corrected chi connectivity index (χ0v) is 18.2. The molecular weight excluding hydrogens is 493 g/mol. The molecule has 1 N–H and O–H groups in total. The van der Waals surface area contributed by atoms with Crippen LogP contribution in [-0.2, 0) is 12.4 Å².